The van der Waals surface area contributed by atoms with Gasteiger partial charge in [0.15, 0.2) is 6.61 Å². The molecule has 0 bridgehead atoms. The number of halogens is 2. The molecule has 3 aromatic rings. The van der Waals surface area contributed by atoms with Gasteiger partial charge < -0.3 is 10.1 Å². The van der Waals surface area contributed by atoms with Gasteiger partial charge in [-0.25, -0.2) is 4.98 Å². The molecule has 2 heterocycles. The number of carbonyl (C=O) groups excluding carboxylic acids is 2. The van der Waals surface area contributed by atoms with Crippen molar-refractivity contribution in [3.8, 4) is 0 Å². The van der Waals surface area contributed by atoms with E-state index in [9.17, 15) is 14.4 Å². The van der Waals surface area contributed by atoms with Crippen LogP contribution in [0.25, 0.3) is 10.2 Å². The van der Waals surface area contributed by atoms with Gasteiger partial charge in [0.1, 0.15) is 4.83 Å². The first-order chi connectivity index (χ1) is 15.4. The number of hydrogen-bond acceptors (Lipinski definition) is 6. The predicted octanol–water partition coefficient (Wildman–Crippen LogP) is 4.40. The van der Waals surface area contributed by atoms with E-state index in [1.54, 1.807) is 23.6 Å². The smallest absolute Gasteiger partial charge is 0.308 e. The fourth-order valence-corrected chi connectivity index (χ4v) is 4.61. The Labute approximate surface area is 199 Å². The highest BCUT2D eigenvalue weighted by Gasteiger charge is 2.16. The fourth-order valence-electron chi connectivity index (χ4n) is 3.32. The summed E-state index contributed by atoms with van der Waals surface area (Å²) in [5.41, 5.74) is 0.710. The molecule has 170 valence electrons. The summed E-state index contributed by atoms with van der Waals surface area (Å²) < 4.78 is 6.41. The predicted molar refractivity (Wildman–Crippen MR) is 127 cm³/mol. The number of rotatable bonds is 10. The fraction of sp³-hybridized carbons (Fsp3) is 0.364. The third kappa shape index (κ3) is 6.31. The Kier molecular flexibility index (Phi) is 8.67. The Hall–Kier alpha value is -2.42. The Morgan fingerprint density at radius 2 is 2.09 bits per heavy atom. The van der Waals surface area contributed by atoms with Crippen molar-refractivity contribution >= 4 is 56.6 Å². The van der Waals surface area contributed by atoms with Crippen LogP contribution in [0.1, 0.15) is 37.7 Å². The van der Waals surface area contributed by atoms with E-state index in [2.05, 4.69) is 17.2 Å². The molecule has 3 rings (SSSR count). The number of carbonyl (C=O) groups is 2. The molecule has 0 saturated carbocycles. The molecule has 1 N–H and O–H groups in total. The zero-order valence-corrected chi connectivity index (χ0v) is 19.8. The number of fused-ring (bicyclic) bond motifs is 1. The lowest BCUT2D eigenvalue weighted by Gasteiger charge is -2.19. The second kappa shape index (κ2) is 11.4. The average molecular weight is 496 g/mol. The lowest BCUT2D eigenvalue weighted by atomic mass is 9.94. The number of aromatic nitrogens is 2. The van der Waals surface area contributed by atoms with Gasteiger partial charge in [0, 0.05) is 29.1 Å². The van der Waals surface area contributed by atoms with Crippen LogP contribution in [-0.4, -0.2) is 34.6 Å². The minimum atomic E-state index is -0.566. The van der Waals surface area contributed by atoms with Crippen LogP contribution in [0.3, 0.4) is 0 Å². The molecule has 0 aliphatic carbocycles. The number of thiophene rings is 1. The van der Waals surface area contributed by atoms with Crippen LogP contribution in [0.2, 0.25) is 10.0 Å². The molecule has 1 amide bonds. The third-order valence-electron chi connectivity index (χ3n) is 4.96. The van der Waals surface area contributed by atoms with E-state index in [0.29, 0.717) is 26.8 Å². The van der Waals surface area contributed by atoms with Crippen molar-refractivity contribution in [2.24, 2.45) is 0 Å². The number of esters is 1. The lowest BCUT2D eigenvalue weighted by Crippen LogP contribution is -2.32. The molecule has 7 nitrogen and oxygen atoms in total. The van der Waals surface area contributed by atoms with Crippen LogP contribution in [0.4, 0.5) is 0 Å². The summed E-state index contributed by atoms with van der Waals surface area (Å²) >= 11 is 13.7. The normalized spacial score (nSPS) is 12.0. The van der Waals surface area contributed by atoms with E-state index in [1.165, 1.54) is 22.2 Å². The molecule has 0 saturated heterocycles. The highest BCUT2D eigenvalue weighted by Crippen LogP contribution is 2.30. The monoisotopic (exact) mass is 495 g/mol. The number of amides is 1. The van der Waals surface area contributed by atoms with Crippen molar-refractivity contribution in [1.29, 1.82) is 0 Å². The molecule has 10 heteroatoms. The quantitative estimate of drug-likeness (QED) is 0.421. The first-order valence-electron chi connectivity index (χ1n) is 10.2. The Morgan fingerprint density at radius 3 is 2.84 bits per heavy atom. The molecule has 0 aliphatic heterocycles. The van der Waals surface area contributed by atoms with Crippen LogP contribution in [0, 0.1) is 0 Å². The number of benzene rings is 1. The highest BCUT2D eigenvalue weighted by molar-refractivity contribution is 7.16. The second-order valence-corrected chi connectivity index (χ2v) is 8.99. The van der Waals surface area contributed by atoms with Crippen molar-refractivity contribution in [3.05, 3.63) is 61.9 Å². The lowest BCUT2D eigenvalue weighted by molar-refractivity contribution is -0.148. The van der Waals surface area contributed by atoms with E-state index in [1.807, 2.05) is 6.07 Å². The summed E-state index contributed by atoms with van der Waals surface area (Å²) in [7, 11) is 0. The van der Waals surface area contributed by atoms with Crippen molar-refractivity contribution in [2.75, 3.05) is 13.2 Å². The van der Waals surface area contributed by atoms with Gasteiger partial charge in [0.2, 0.25) is 0 Å². The summed E-state index contributed by atoms with van der Waals surface area (Å²) in [4.78, 5) is 41.4. The van der Waals surface area contributed by atoms with Gasteiger partial charge in [-0.3, -0.25) is 19.0 Å². The molecule has 2 aromatic heterocycles. The summed E-state index contributed by atoms with van der Waals surface area (Å²) in [6, 6.07) is 7.02. The zero-order chi connectivity index (χ0) is 23.1. The van der Waals surface area contributed by atoms with Crippen LogP contribution >= 0.6 is 34.5 Å². The Morgan fingerprint density at radius 1 is 1.28 bits per heavy atom. The number of hydrogen-bond donors (Lipinski definition) is 1. The van der Waals surface area contributed by atoms with Gasteiger partial charge in [0.25, 0.3) is 11.5 Å². The largest absolute Gasteiger partial charge is 0.456 e. The Bertz CT molecular complexity index is 1160. The molecular weight excluding hydrogens is 473 g/mol. The topological polar surface area (TPSA) is 90.3 Å². The Balaban J connectivity index is 1.46. The van der Waals surface area contributed by atoms with E-state index in [-0.39, 0.29) is 31.0 Å². The van der Waals surface area contributed by atoms with Crippen LogP contribution in [0.5, 0.6) is 0 Å². The molecule has 1 unspecified atom stereocenters. The van der Waals surface area contributed by atoms with Crippen molar-refractivity contribution < 1.29 is 14.3 Å². The van der Waals surface area contributed by atoms with E-state index in [4.69, 9.17) is 27.9 Å². The number of nitrogens with one attached hydrogen (secondary N) is 1. The molecule has 0 radical (unpaired) electrons. The SMILES string of the molecule is CCCC(CNC(=O)COC(=O)CCn1cnc2sccc2c1=O)c1ccc(Cl)cc1Cl. The van der Waals surface area contributed by atoms with Gasteiger partial charge in [-0.2, -0.15) is 0 Å². The first kappa shape index (κ1) is 24.2. The second-order valence-electron chi connectivity index (χ2n) is 7.25. The summed E-state index contributed by atoms with van der Waals surface area (Å²) in [6.07, 6.45) is 3.12. The molecule has 32 heavy (non-hydrogen) atoms. The number of ether oxygens (including phenoxy) is 1. The molecule has 0 aliphatic rings. The number of nitrogens with zero attached hydrogens (tertiary/aromatic N) is 2. The maximum Gasteiger partial charge on any atom is 0.308 e. The highest BCUT2D eigenvalue weighted by atomic mass is 35.5. The van der Waals surface area contributed by atoms with Gasteiger partial charge in [-0.15, -0.1) is 11.3 Å². The van der Waals surface area contributed by atoms with E-state index in [0.717, 1.165) is 18.4 Å². The molecule has 0 fully saturated rings. The zero-order valence-electron chi connectivity index (χ0n) is 17.5. The van der Waals surface area contributed by atoms with Gasteiger partial charge in [-0.05, 0) is 35.6 Å². The van der Waals surface area contributed by atoms with Gasteiger partial charge in [-0.1, -0.05) is 42.6 Å². The summed E-state index contributed by atoms with van der Waals surface area (Å²) in [5.74, 6) is -0.942. The van der Waals surface area contributed by atoms with E-state index >= 15 is 0 Å². The van der Waals surface area contributed by atoms with Gasteiger partial charge >= 0.3 is 5.97 Å². The van der Waals surface area contributed by atoms with Crippen LogP contribution in [0.15, 0.2) is 40.8 Å². The average Bonchev–Trinajstić information content (AvgIpc) is 3.25. The third-order valence-corrected chi connectivity index (χ3v) is 6.34. The molecular formula is C22H23Cl2N3O4S. The molecule has 1 atom stereocenters. The van der Waals surface area contributed by atoms with Crippen molar-refractivity contribution in [1.82, 2.24) is 14.9 Å². The minimum Gasteiger partial charge on any atom is -0.456 e. The van der Waals surface area contributed by atoms with Gasteiger partial charge in [0.05, 0.1) is 18.1 Å². The molecule has 0 spiro atoms. The maximum atomic E-state index is 12.3. The first-order valence-corrected chi connectivity index (χ1v) is 11.8. The van der Waals surface area contributed by atoms with Crippen molar-refractivity contribution in [2.45, 2.75) is 38.6 Å². The number of aryl methyl sites for hydroxylation is 1. The minimum absolute atomic E-state index is 0.0239. The maximum absolute atomic E-state index is 12.3. The van der Waals surface area contributed by atoms with Crippen molar-refractivity contribution in [3.63, 3.8) is 0 Å². The summed E-state index contributed by atoms with van der Waals surface area (Å²) in [6.45, 7) is 2.17. The van der Waals surface area contributed by atoms with Crippen LogP contribution in [-0.2, 0) is 20.9 Å². The van der Waals surface area contributed by atoms with Crippen LogP contribution < -0.4 is 10.9 Å². The molecule has 1 aromatic carbocycles. The standard InChI is InChI=1S/C22H23Cl2N3O4S/c1-2-3-14(16-5-4-15(23)10-18(16)24)11-25-19(28)12-31-20(29)6-8-27-13-26-21-17(22(27)30)7-9-32-21/h4-5,7,9-10,13-14H,2-3,6,8,11-12H2,1H3,(H,25,28). The van der Waals surface area contributed by atoms with E-state index < -0.39 is 11.9 Å². The summed E-state index contributed by atoms with van der Waals surface area (Å²) in [5, 5.41) is 6.22.